The van der Waals surface area contributed by atoms with Crippen molar-refractivity contribution < 1.29 is 9.90 Å². The molecular weight excluding hydrogens is 204 g/mol. The van der Waals surface area contributed by atoms with E-state index in [1.54, 1.807) is 0 Å². The normalized spacial score (nSPS) is 20.1. The maximum Gasteiger partial charge on any atom is 0.407 e. The van der Waals surface area contributed by atoms with Crippen LogP contribution in [0.5, 0.6) is 0 Å². The molecule has 1 rings (SSSR count). The molecule has 0 saturated carbocycles. The van der Waals surface area contributed by atoms with Crippen LogP contribution in [0, 0.1) is 11.3 Å². The van der Waals surface area contributed by atoms with Crippen molar-refractivity contribution in [2.75, 3.05) is 19.6 Å². The first-order valence-corrected chi connectivity index (χ1v) is 6.17. The van der Waals surface area contributed by atoms with E-state index in [-0.39, 0.29) is 5.41 Å². The number of hydrogen-bond donors (Lipinski definition) is 2. The van der Waals surface area contributed by atoms with Gasteiger partial charge >= 0.3 is 6.09 Å². The van der Waals surface area contributed by atoms with Gasteiger partial charge in [0, 0.05) is 13.1 Å². The van der Waals surface area contributed by atoms with Crippen LogP contribution >= 0.6 is 0 Å². The van der Waals surface area contributed by atoms with Gasteiger partial charge in [-0.2, -0.15) is 0 Å². The van der Waals surface area contributed by atoms with Crippen molar-refractivity contribution in [3.05, 3.63) is 0 Å². The van der Waals surface area contributed by atoms with Gasteiger partial charge in [-0.3, -0.25) is 0 Å². The van der Waals surface area contributed by atoms with Gasteiger partial charge in [-0.25, -0.2) is 4.79 Å². The SMILES string of the molecule is CC(C)CC1(CCN)CCN(C(=O)O)CC1. The number of amides is 1. The fourth-order valence-corrected chi connectivity index (χ4v) is 2.90. The number of hydrogen-bond acceptors (Lipinski definition) is 2. The Bertz CT molecular complexity index is 233. The summed E-state index contributed by atoms with van der Waals surface area (Å²) < 4.78 is 0. The molecule has 1 fully saturated rings. The van der Waals surface area contributed by atoms with E-state index in [2.05, 4.69) is 13.8 Å². The minimum atomic E-state index is -0.786. The van der Waals surface area contributed by atoms with E-state index >= 15 is 0 Å². The summed E-state index contributed by atoms with van der Waals surface area (Å²) in [5.41, 5.74) is 5.97. The molecule has 0 aromatic carbocycles. The van der Waals surface area contributed by atoms with E-state index < -0.39 is 6.09 Å². The van der Waals surface area contributed by atoms with E-state index in [9.17, 15) is 4.79 Å². The molecule has 1 aliphatic heterocycles. The molecule has 94 valence electrons. The fourth-order valence-electron chi connectivity index (χ4n) is 2.90. The summed E-state index contributed by atoms with van der Waals surface area (Å²) in [5.74, 6) is 0.655. The van der Waals surface area contributed by atoms with E-state index in [4.69, 9.17) is 10.8 Å². The highest BCUT2D eigenvalue weighted by Gasteiger charge is 2.35. The topological polar surface area (TPSA) is 66.6 Å². The molecule has 1 heterocycles. The van der Waals surface area contributed by atoms with Crippen LogP contribution in [-0.2, 0) is 0 Å². The van der Waals surface area contributed by atoms with Crippen LogP contribution in [0.1, 0.15) is 39.5 Å². The molecular formula is C12H24N2O2. The Kier molecular flexibility index (Phi) is 4.59. The van der Waals surface area contributed by atoms with Gasteiger partial charge in [-0.1, -0.05) is 13.8 Å². The summed E-state index contributed by atoms with van der Waals surface area (Å²) in [7, 11) is 0. The molecule has 4 heteroatoms. The Morgan fingerprint density at radius 2 is 2.00 bits per heavy atom. The first kappa shape index (κ1) is 13.3. The van der Waals surface area contributed by atoms with Gasteiger partial charge in [0.05, 0.1) is 0 Å². The second kappa shape index (κ2) is 5.53. The molecule has 0 bridgehead atoms. The second-order valence-corrected chi connectivity index (χ2v) is 5.41. The van der Waals surface area contributed by atoms with E-state index in [1.807, 2.05) is 0 Å². The third-order valence-corrected chi connectivity index (χ3v) is 3.61. The van der Waals surface area contributed by atoms with Gasteiger partial charge in [0.2, 0.25) is 0 Å². The van der Waals surface area contributed by atoms with Crippen LogP contribution in [-0.4, -0.2) is 35.7 Å². The maximum absolute atomic E-state index is 10.8. The zero-order valence-corrected chi connectivity index (χ0v) is 10.4. The molecule has 0 unspecified atom stereocenters. The Morgan fingerprint density at radius 1 is 1.44 bits per heavy atom. The average Bonchev–Trinajstić information content (AvgIpc) is 2.17. The molecule has 0 radical (unpaired) electrons. The molecule has 0 atom stereocenters. The molecule has 1 amide bonds. The monoisotopic (exact) mass is 228 g/mol. The summed E-state index contributed by atoms with van der Waals surface area (Å²) in [6, 6.07) is 0. The number of likely N-dealkylation sites (tertiary alicyclic amines) is 1. The molecule has 1 saturated heterocycles. The van der Waals surface area contributed by atoms with Gasteiger partial charge < -0.3 is 15.7 Å². The van der Waals surface area contributed by atoms with Gasteiger partial charge in [0.25, 0.3) is 0 Å². The summed E-state index contributed by atoms with van der Waals surface area (Å²) in [5, 5.41) is 8.92. The van der Waals surface area contributed by atoms with Crippen LogP contribution in [0.4, 0.5) is 4.79 Å². The Balaban J connectivity index is 2.58. The minimum absolute atomic E-state index is 0.287. The number of nitrogens with zero attached hydrogens (tertiary/aromatic N) is 1. The van der Waals surface area contributed by atoms with Crippen molar-refractivity contribution in [3.63, 3.8) is 0 Å². The zero-order chi connectivity index (χ0) is 12.2. The summed E-state index contributed by atoms with van der Waals surface area (Å²) in [6.07, 6.45) is 3.34. The lowest BCUT2D eigenvalue weighted by Crippen LogP contribution is -2.43. The highest BCUT2D eigenvalue weighted by atomic mass is 16.4. The van der Waals surface area contributed by atoms with Gasteiger partial charge in [0.1, 0.15) is 0 Å². The first-order valence-electron chi connectivity index (χ1n) is 6.17. The standard InChI is InChI=1S/C12H24N2O2/c1-10(2)9-12(3-6-13)4-7-14(8-5-12)11(15)16/h10H,3-9,13H2,1-2H3,(H,15,16). The van der Waals surface area contributed by atoms with Crippen LogP contribution in [0.3, 0.4) is 0 Å². The highest BCUT2D eigenvalue weighted by Crippen LogP contribution is 2.40. The molecule has 0 spiro atoms. The lowest BCUT2D eigenvalue weighted by molar-refractivity contribution is 0.0717. The zero-order valence-electron chi connectivity index (χ0n) is 10.4. The Morgan fingerprint density at radius 3 is 2.38 bits per heavy atom. The Hall–Kier alpha value is -0.770. The minimum Gasteiger partial charge on any atom is -0.465 e. The summed E-state index contributed by atoms with van der Waals surface area (Å²) in [6.45, 7) is 6.49. The van der Waals surface area contributed by atoms with Crippen molar-refractivity contribution in [2.45, 2.75) is 39.5 Å². The summed E-state index contributed by atoms with van der Waals surface area (Å²) in [4.78, 5) is 12.4. The van der Waals surface area contributed by atoms with Crippen LogP contribution in [0.25, 0.3) is 0 Å². The average molecular weight is 228 g/mol. The van der Waals surface area contributed by atoms with Gasteiger partial charge in [-0.15, -0.1) is 0 Å². The number of carbonyl (C=O) groups is 1. The second-order valence-electron chi connectivity index (χ2n) is 5.41. The van der Waals surface area contributed by atoms with Crippen LogP contribution < -0.4 is 5.73 Å². The third-order valence-electron chi connectivity index (χ3n) is 3.61. The van der Waals surface area contributed by atoms with Crippen LogP contribution in [0.2, 0.25) is 0 Å². The molecule has 0 aliphatic carbocycles. The number of piperidine rings is 1. The van der Waals surface area contributed by atoms with E-state index in [1.165, 1.54) is 4.90 Å². The molecule has 0 aromatic heterocycles. The van der Waals surface area contributed by atoms with Crippen molar-refractivity contribution in [1.29, 1.82) is 0 Å². The molecule has 0 aromatic rings. The molecule has 3 N–H and O–H groups in total. The number of rotatable bonds is 4. The maximum atomic E-state index is 10.8. The highest BCUT2D eigenvalue weighted by molar-refractivity contribution is 5.65. The predicted molar refractivity (Wildman–Crippen MR) is 64.4 cm³/mol. The number of nitrogens with two attached hydrogens (primary N) is 1. The van der Waals surface area contributed by atoms with Crippen molar-refractivity contribution in [2.24, 2.45) is 17.1 Å². The quantitative estimate of drug-likeness (QED) is 0.774. The van der Waals surface area contributed by atoms with E-state index in [0.717, 1.165) is 25.7 Å². The van der Waals surface area contributed by atoms with Gasteiger partial charge in [0.15, 0.2) is 0 Å². The lowest BCUT2D eigenvalue weighted by Gasteiger charge is -2.42. The number of carboxylic acid groups (broad SMARTS) is 1. The molecule has 4 nitrogen and oxygen atoms in total. The largest absolute Gasteiger partial charge is 0.465 e. The van der Waals surface area contributed by atoms with Gasteiger partial charge in [-0.05, 0) is 43.6 Å². The molecule has 16 heavy (non-hydrogen) atoms. The van der Waals surface area contributed by atoms with Crippen molar-refractivity contribution >= 4 is 6.09 Å². The van der Waals surface area contributed by atoms with E-state index in [0.29, 0.717) is 25.6 Å². The smallest absolute Gasteiger partial charge is 0.407 e. The Labute approximate surface area is 97.8 Å². The first-order chi connectivity index (χ1) is 7.49. The van der Waals surface area contributed by atoms with Crippen molar-refractivity contribution in [1.82, 2.24) is 4.90 Å². The summed E-state index contributed by atoms with van der Waals surface area (Å²) >= 11 is 0. The molecule has 1 aliphatic rings. The lowest BCUT2D eigenvalue weighted by atomic mass is 9.70. The predicted octanol–water partition coefficient (Wildman–Crippen LogP) is 2.14. The third kappa shape index (κ3) is 3.37. The van der Waals surface area contributed by atoms with Crippen LogP contribution in [0.15, 0.2) is 0 Å². The van der Waals surface area contributed by atoms with Crippen molar-refractivity contribution in [3.8, 4) is 0 Å². The fraction of sp³-hybridized carbons (Fsp3) is 0.917.